The maximum absolute atomic E-state index is 12.9. The molecule has 0 aromatic heterocycles. The van der Waals surface area contributed by atoms with Gasteiger partial charge in [0.25, 0.3) is 0 Å². The fraction of sp³-hybridized carbons (Fsp3) is 0.0870. The van der Waals surface area contributed by atoms with E-state index in [-0.39, 0.29) is 45.4 Å². The van der Waals surface area contributed by atoms with Crippen LogP contribution < -0.4 is 9.47 Å². The second kappa shape index (κ2) is 8.20. The molecule has 0 saturated carbocycles. The molecule has 7 N–H and O–H groups in total. The lowest BCUT2D eigenvalue weighted by Gasteiger charge is -2.27. The Morgan fingerprint density at radius 3 is 2.12 bits per heavy atom. The number of methoxy groups -OCH3 is 1. The van der Waals surface area contributed by atoms with Gasteiger partial charge in [-0.15, -0.1) is 0 Å². The zero-order valence-corrected chi connectivity index (χ0v) is 17.4. The van der Waals surface area contributed by atoms with E-state index in [4.69, 9.17) is 14.2 Å². The Balaban J connectivity index is 1.80. The van der Waals surface area contributed by atoms with E-state index in [0.29, 0.717) is 0 Å². The van der Waals surface area contributed by atoms with Crippen molar-refractivity contribution in [2.75, 3.05) is 7.11 Å². The summed E-state index contributed by atoms with van der Waals surface area (Å²) < 4.78 is 16.1. The summed E-state index contributed by atoms with van der Waals surface area (Å²) in [5, 5.41) is 69.1. The van der Waals surface area contributed by atoms with Crippen LogP contribution in [-0.4, -0.2) is 48.8 Å². The van der Waals surface area contributed by atoms with E-state index in [0.717, 1.165) is 30.3 Å². The van der Waals surface area contributed by atoms with Gasteiger partial charge in [-0.05, 0) is 30.3 Å². The van der Waals surface area contributed by atoms with Gasteiger partial charge in [0.1, 0.15) is 17.2 Å². The van der Waals surface area contributed by atoms with Crippen LogP contribution in [0, 0.1) is 0 Å². The minimum atomic E-state index is -1.29. The molecule has 176 valence electrons. The van der Waals surface area contributed by atoms with Crippen molar-refractivity contribution < 1.29 is 54.8 Å². The highest BCUT2D eigenvalue weighted by atomic mass is 16.6. The Bertz CT molecular complexity index is 1320. The lowest BCUT2D eigenvalue weighted by atomic mass is 10.0. The van der Waals surface area contributed by atoms with Crippen molar-refractivity contribution in [3.05, 3.63) is 58.8 Å². The third kappa shape index (κ3) is 3.86. The monoisotopic (exact) mass is 470 g/mol. The fourth-order valence-corrected chi connectivity index (χ4v) is 3.37. The summed E-state index contributed by atoms with van der Waals surface area (Å²) in [7, 11) is 1.22. The molecule has 0 saturated heterocycles. The summed E-state index contributed by atoms with van der Waals surface area (Å²) in [6.07, 6.45) is -0.0445. The maximum atomic E-state index is 12.9. The van der Waals surface area contributed by atoms with Gasteiger partial charge in [0.15, 0.2) is 40.6 Å². The minimum absolute atomic E-state index is 0.00157. The molecule has 0 spiro atoms. The molecule has 4 rings (SSSR count). The topological polar surface area (TPSA) is 186 Å². The number of benzene rings is 3. The maximum Gasteiger partial charge on any atom is 0.343 e. The quantitative estimate of drug-likeness (QED) is 0.219. The number of carbonyl (C=O) groups is 1. The van der Waals surface area contributed by atoms with Gasteiger partial charge in [-0.3, -0.25) is 0 Å². The van der Waals surface area contributed by atoms with E-state index in [2.05, 4.69) is 0 Å². The van der Waals surface area contributed by atoms with Crippen LogP contribution in [0.4, 0.5) is 0 Å². The molecule has 1 atom stereocenters. The molecule has 34 heavy (non-hydrogen) atoms. The summed E-state index contributed by atoms with van der Waals surface area (Å²) >= 11 is 0. The number of rotatable bonds is 4. The second-order valence-corrected chi connectivity index (χ2v) is 7.26. The van der Waals surface area contributed by atoms with Crippen LogP contribution in [0.2, 0.25) is 0 Å². The molecule has 0 amide bonds. The van der Waals surface area contributed by atoms with Crippen LogP contribution in [0.1, 0.15) is 27.6 Å². The lowest BCUT2D eigenvalue weighted by Crippen LogP contribution is -2.19. The standard InChI is InChI=1S/C23H18O11/c1-32-18-5-10(4-16(28)21(18)30)23(31)34-19-8-12-13(25)6-11(24)7-17(12)33-22(19)9-2-14(26)20(29)15(27)3-9/h2-8,22,24-30H,1H3/t22-/m1/s1. The molecule has 0 bridgehead atoms. The number of hydrogen-bond acceptors (Lipinski definition) is 11. The highest BCUT2D eigenvalue weighted by Crippen LogP contribution is 2.46. The minimum Gasteiger partial charge on any atom is -0.508 e. The van der Waals surface area contributed by atoms with Crippen molar-refractivity contribution in [2.45, 2.75) is 6.10 Å². The Morgan fingerprint density at radius 1 is 0.824 bits per heavy atom. The summed E-state index contributed by atoms with van der Waals surface area (Å²) in [6.45, 7) is 0. The smallest absolute Gasteiger partial charge is 0.343 e. The molecular weight excluding hydrogens is 452 g/mol. The molecular formula is C23H18O11. The van der Waals surface area contributed by atoms with E-state index >= 15 is 0 Å². The Hall–Kier alpha value is -4.93. The molecule has 1 aliphatic heterocycles. The van der Waals surface area contributed by atoms with Crippen LogP contribution in [0.15, 0.2) is 42.2 Å². The Morgan fingerprint density at radius 2 is 1.47 bits per heavy atom. The number of ether oxygens (including phenoxy) is 3. The van der Waals surface area contributed by atoms with Crippen LogP contribution in [0.5, 0.6) is 51.7 Å². The number of phenolic OH excluding ortho intramolecular Hbond substituents is 7. The molecule has 0 radical (unpaired) electrons. The number of phenols is 7. The molecule has 0 fully saturated rings. The predicted octanol–water partition coefficient (Wildman–Crippen LogP) is 2.97. The van der Waals surface area contributed by atoms with E-state index in [1.54, 1.807) is 0 Å². The predicted molar refractivity (Wildman–Crippen MR) is 114 cm³/mol. The van der Waals surface area contributed by atoms with Gasteiger partial charge in [-0.2, -0.15) is 0 Å². The number of hydrogen-bond donors (Lipinski definition) is 7. The third-order valence-electron chi connectivity index (χ3n) is 5.01. The summed E-state index contributed by atoms with van der Waals surface area (Å²) in [4.78, 5) is 12.9. The molecule has 11 nitrogen and oxygen atoms in total. The number of esters is 1. The number of fused-ring (bicyclic) bond motifs is 1. The normalized spacial score (nSPS) is 14.5. The Kier molecular flexibility index (Phi) is 5.37. The average Bonchev–Trinajstić information content (AvgIpc) is 2.78. The lowest BCUT2D eigenvalue weighted by molar-refractivity contribution is 0.0524. The van der Waals surface area contributed by atoms with Crippen molar-refractivity contribution in [2.24, 2.45) is 0 Å². The van der Waals surface area contributed by atoms with E-state index < -0.39 is 40.8 Å². The van der Waals surface area contributed by atoms with Gasteiger partial charge in [0.2, 0.25) is 5.75 Å². The van der Waals surface area contributed by atoms with Gasteiger partial charge >= 0.3 is 5.97 Å². The molecule has 0 unspecified atom stereocenters. The average molecular weight is 470 g/mol. The highest BCUT2D eigenvalue weighted by Gasteiger charge is 2.32. The fourth-order valence-electron chi connectivity index (χ4n) is 3.37. The van der Waals surface area contributed by atoms with Gasteiger partial charge in [0, 0.05) is 17.7 Å². The van der Waals surface area contributed by atoms with E-state index in [9.17, 15) is 40.5 Å². The van der Waals surface area contributed by atoms with Crippen molar-refractivity contribution in [3.63, 3.8) is 0 Å². The number of carbonyl (C=O) groups excluding carboxylic acids is 1. The molecule has 3 aromatic rings. The molecule has 1 heterocycles. The van der Waals surface area contributed by atoms with Gasteiger partial charge in [-0.1, -0.05) is 0 Å². The molecule has 11 heteroatoms. The van der Waals surface area contributed by atoms with Gasteiger partial charge < -0.3 is 50.0 Å². The molecule has 1 aliphatic rings. The van der Waals surface area contributed by atoms with Crippen LogP contribution in [0.25, 0.3) is 6.08 Å². The van der Waals surface area contributed by atoms with Crippen molar-refractivity contribution in [1.29, 1.82) is 0 Å². The van der Waals surface area contributed by atoms with Gasteiger partial charge in [0.05, 0.1) is 18.2 Å². The van der Waals surface area contributed by atoms with Crippen LogP contribution >= 0.6 is 0 Å². The van der Waals surface area contributed by atoms with E-state index in [1.807, 2.05) is 0 Å². The van der Waals surface area contributed by atoms with Crippen LogP contribution in [-0.2, 0) is 4.74 Å². The first-order valence-electron chi connectivity index (χ1n) is 9.60. The number of aromatic hydroxyl groups is 7. The van der Waals surface area contributed by atoms with E-state index in [1.165, 1.54) is 19.3 Å². The zero-order chi connectivity index (χ0) is 24.7. The van der Waals surface area contributed by atoms with Crippen molar-refractivity contribution in [1.82, 2.24) is 0 Å². The molecule has 0 aliphatic carbocycles. The Labute approximate surface area is 191 Å². The molecule has 3 aromatic carbocycles. The largest absolute Gasteiger partial charge is 0.508 e. The van der Waals surface area contributed by atoms with Crippen molar-refractivity contribution in [3.8, 4) is 51.7 Å². The SMILES string of the molecule is COc1cc(C(=O)OC2=Cc3c(O)cc(O)cc3O[C@@H]2c2cc(O)c(O)c(O)c2)cc(O)c1O. The summed E-state index contributed by atoms with van der Waals surface area (Å²) in [5.74, 6) is -5.46. The third-order valence-corrected chi connectivity index (χ3v) is 5.01. The van der Waals surface area contributed by atoms with Crippen LogP contribution in [0.3, 0.4) is 0 Å². The first kappa shape index (κ1) is 22.3. The summed E-state index contributed by atoms with van der Waals surface area (Å²) in [6, 6.07) is 6.42. The van der Waals surface area contributed by atoms with Gasteiger partial charge in [-0.25, -0.2) is 4.79 Å². The second-order valence-electron chi connectivity index (χ2n) is 7.26. The summed E-state index contributed by atoms with van der Waals surface area (Å²) in [5.41, 5.74) is -0.0920. The highest BCUT2D eigenvalue weighted by molar-refractivity contribution is 5.92. The zero-order valence-electron chi connectivity index (χ0n) is 17.4. The first-order valence-corrected chi connectivity index (χ1v) is 9.60. The first-order chi connectivity index (χ1) is 16.1. The van der Waals surface area contributed by atoms with Crippen molar-refractivity contribution >= 4 is 12.0 Å².